The van der Waals surface area contributed by atoms with Gasteiger partial charge in [0.2, 0.25) is 11.8 Å². The van der Waals surface area contributed by atoms with Crippen molar-refractivity contribution in [2.45, 2.75) is 6.54 Å². The van der Waals surface area contributed by atoms with Crippen molar-refractivity contribution >= 4 is 17.6 Å². The molecule has 0 aliphatic carbocycles. The van der Waals surface area contributed by atoms with Gasteiger partial charge in [-0.05, 0) is 29.8 Å². The molecule has 0 saturated carbocycles. The molecule has 32 heavy (non-hydrogen) atoms. The molecule has 10 heteroatoms. The number of amides is 3. The van der Waals surface area contributed by atoms with Crippen LogP contribution in [0, 0.1) is 5.82 Å². The van der Waals surface area contributed by atoms with Crippen LogP contribution in [-0.4, -0.2) is 79.8 Å². The van der Waals surface area contributed by atoms with E-state index in [1.54, 1.807) is 24.3 Å². The first-order valence-corrected chi connectivity index (χ1v) is 10.4. The zero-order valence-electron chi connectivity index (χ0n) is 18.1. The Bertz CT molecular complexity index is 871. The third-order valence-corrected chi connectivity index (χ3v) is 4.93. The quantitative estimate of drug-likeness (QED) is 0.571. The van der Waals surface area contributed by atoms with Crippen LogP contribution in [0.3, 0.4) is 0 Å². The van der Waals surface area contributed by atoms with Crippen LogP contribution in [0.5, 0.6) is 5.88 Å². The predicted molar refractivity (Wildman–Crippen MR) is 117 cm³/mol. The molecule has 0 atom stereocenters. The molecule has 2 N–H and O–H groups in total. The summed E-state index contributed by atoms with van der Waals surface area (Å²) in [6.07, 6.45) is 1.67. The summed E-state index contributed by atoms with van der Waals surface area (Å²) in [6.45, 7) is 3.76. The fourth-order valence-electron chi connectivity index (χ4n) is 3.17. The summed E-state index contributed by atoms with van der Waals surface area (Å²) in [5, 5.41) is 5.64. The second kappa shape index (κ2) is 12.0. The van der Waals surface area contributed by atoms with Gasteiger partial charge in [0.15, 0.2) is 0 Å². The van der Waals surface area contributed by atoms with Gasteiger partial charge < -0.3 is 25.0 Å². The molecular formula is C22H28FN5O4. The summed E-state index contributed by atoms with van der Waals surface area (Å²) < 4.78 is 23.3. The molecule has 1 aliphatic rings. The number of piperazine rings is 1. The van der Waals surface area contributed by atoms with Crippen LogP contribution < -0.4 is 15.4 Å². The first-order chi connectivity index (χ1) is 15.5. The number of nitrogens with one attached hydrogen (secondary N) is 2. The van der Waals surface area contributed by atoms with E-state index in [9.17, 15) is 14.0 Å². The molecule has 1 saturated heterocycles. The van der Waals surface area contributed by atoms with E-state index >= 15 is 0 Å². The second-order valence-electron chi connectivity index (χ2n) is 7.32. The van der Waals surface area contributed by atoms with E-state index in [0.29, 0.717) is 57.5 Å². The second-order valence-corrected chi connectivity index (χ2v) is 7.32. The Hall–Kier alpha value is -3.24. The number of pyridine rings is 1. The van der Waals surface area contributed by atoms with E-state index < -0.39 is 0 Å². The monoisotopic (exact) mass is 445 g/mol. The zero-order valence-corrected chi connectivity index (χ0v) is 18.1. The summed E-state index contributed by atoms with van der Waals surface area (Å²) in [4.78, 5) is 32.5. The van der Waals surface area contributed by atoms with Crippen LogP contribution in [0.15, 0.2) is 42.6 Å². The Morgan fingerprint density at radius 3 is 2.47 bits per heavy atom. The van der Waals surface area contributed by atoms with E-state index in [1.165, 1.54) is 24.3 Å². The number of carbonyl (C=O) groups is 2. The molecule has 0 spiro atoms. The summed E-state index contributed by atoms with van der Waals surface area (Å²) in [5.74, 6) is -0.00833. The highest BCUT2D eigenvalue weighted by Crippen LogP contribution is 2.10. The van der Waals surface area contributed by atoms with E-state index in [1.807, 2.05) is 11.0 Å². The number of ether oxygens (including phenoxy) is 2. The van der Waals surface area contributed by atoms with Gasteiger partial charge >= 0.3 is 6.03 Å². The van der Waals surface area contributed by atoms with Crippen molar-refractivity contribution in [3.63, 3.8) is 0 Å². The number of aromatic nitrogens is 1. The number of benzene rings is 1. The van der Waals surface area contributed by atoms with Gasteiger partial charge in [-0.15, -0.1) is 0 Å². The van der Waals surface area contributed by atoms with E-state index in [0.717, 1.165) is 5.56 Å². The van der Waals surface area contributed by atoms with Gasteiger partial charge in [0.25, 0.3) is 0 Å². The molecule has 1 fully saturated rings. The average Bonchev–Trinajstić information content (AvgIpc) is 2.80. The highest BCUT2D eigenvalue weighted by atomic mass is 19.1. The van der Waals surface area contributed by atoms with Crippen molar-refractivity contribution in [1.82, 2.24) is 20.1 Å². The number of halogens is 1. The topological polar surface area (TPSA) is 96.0 Å². The lowest BCUT2D eigenvalue weighted by molar-refractivity contribution is -0.117. The van der Waals surface area contributed by atoms with Gasteiger partial charge in [-0.3, -0.25) is 9.69 Å². The maximum Gasteiger partial charge on any atom is 0.317 e. The van der Waals surface area contributed by atoms with Crippen LogP contribution in [0.4, 0.5) is 14.9 Å². The molecule has 172 valence electrons. The SMILES string of the molecule is COCCOc1ccc(CNC(=O)N2CCN(CC(=O)Nc3ccc(F)cc3)CC2)cn1. The maximum absolute atomic E-state index is 12.9. The summed E-state index contributed by atoms with van der Waals surface area (Å²) in [6, 6.07) is 9.10. The molecule has 3 rings (SSSR count). The molecule has 0 radical (unpaired) electrons. The first-order valence-electron chi connectivity index (χ1n) is 10.4. The smallest absolute Gasteiger partial charge is 0.317 e. The molecule has 2 heterocycles. The summed E-state index contributed by atoms with van der Waals surface area (Å²) >= 11 is 0. The lowest BCUT2D eigenvalue weighted by Crippen LogP contribution is -2.52. The number of methoxy groups -OCH3 is 1. The number of hydrogen-bond acceptors (Lipinski definition) is 6. The fourth-order valence-corrected chi connectivity index (χ4v) is 3.17. The zero-order chi connectivity index (χ0) is 22.8. The Balaban J connectivity index is 1.35. The molecule has 1 aliphatic heterocycles. The molecule has 1 aromatic heterocycles. The van der Waals surface area contributed by atoms with Gasteiger partial charge in [0.1, 0.15) is 12.4 Å². The highest BCUT2D eigenvalue weighted by Gasteiger charge is 2.22. The van der Waals surface area contributed by atoms with Gasteiger partial charge in [-0.1, -0.05) is 6.07 Å². The Morgan fingerprint density at radius 1 is 1.06 bits per heavy atom. The van der Waals surface area contributed by atoms with Crippen LogP contribution in [0.1, 0.15) is 5.56 Å². The van der Waals surface area contributed by atoms with Gasteiger partial charge in [-0.2, -0.15) is 0 Å². The number of hydrogen-bond donors (Lipinski definition) is 2. The number of anilines is 1. The molecule has 3 amide bonds. The van der Waals surface area contributed by atoms with Gasteiger partial charge in [0.05, 0.1) is 13.2 Å². The number of rotatable bonds is 9. The first kappa shape index (κ1) is 23.4. The van der Waals surface area contributed by atoms with E-state index in [-0.39, 0.29) is 24.3 Å². The Morgan fingerprint density at radius 2 is 1.81 bits per heavy atom. The number of urea groups is 1. The molecule has 0 unspecified atom stereocenters. The highest BCUT2D eigenvalue weighted by molar-refractivity contribution is 5.92. The van der Waals surface area contributed by atoms with Crippen molar-refractivity contribution in [2.75, 3.05) is 58.4 Å². The lowest BCUT2D eigenvalue weighted by Gasteiger charge is -2.34. The van der Waals surface area contributed by atoms with Crippen molar-refractivity contribution in [3.8, 4) is 5.88 Å². The molecule has 2 aromatic rings. The summed E-state index contributed by atoms with van der Waals surface area (Å²) in [5.41, 5.74) is 1.42. The minimum absolute atomic E-state index is 0.152. The number of carbonyl (C=O) groups excluding carboxylic acids is 2. The average molecular weight is 445 g/mol. The third-order valence-electron chi connectivity index (χ3n) is 4.93. The Kier molecular flexibility index (Phi) is 8.76. The minimum Gasteiger partial charge on any atom is -0.475 e. The van der Waals surface area contributed by atoms with Gasteiger partial charge in [0, 0.05) is 57.8 Å². The predicted octanol–water partition coefficient (Wildman–Crippen LogP) is 1.71. The largest absolute Gasteiger partial charge is 0.475 e. The minimum atomic E-state index is -0.349. The van der Waals surface area contributed by atoms with Crippen molar-refractivity contribution in [3.05, 3.63) is 54.0 Å². The van der Waals surface area contributed by atoms with Crippen LogP contribution >= 0.6 is 0 Å². The number of nitrogens with zero attached hydrogens (tertiary/aromatic N) is 3. The normalized spacial score (nSPS) is 14.1. The molecular weight excluding hydrogens is 417 g/mol. The van der Waals surface area contributed by atoms with Crippen molar-refractivity contribution in [2.24, 2.45) is 0 Å². The molecule has 9 nitrogen and oxygen atoms in total. The van der Waals surface area contributed by atoms with Crippen LogP contribution in [-0.2, 0) is 16.1 Å². The molecule has 1 aromatic carbocycles. The van der Waals surface area contributed by atoms with E-state index in [4.69, 9.17) is 9.47 Å². The fraction of sp³-hybridized carbons (Fsp3) is 0.409. The van der Waals surface area contributed by atoms with Crippen LogP contribution in [0.25, 0.3) is 0 Å². The maximum atomic E-state index is 12.9. The summed E-state index contributed by atoms with van der Waals surface area (Å²) in [7, 11) is 1.61. The van der Waals surface area contributed by atoms with Crippen LogP contribution in [0.2, 0.25) is 0 Å². The van der Waals surface area contributed by atoms with Crippen molar-refractivity contribution < 1.29 is 23.5 Å². The van der Waals surface area contributed by atoms with Crippen molar-refractivity contribution in [1.29, 1.82) is 0 Å². The lowest BCUT2D eigenvalue weighted by atomic mass is 10.3. The van der Waals surface area contributed by atoms with Gasteiger partial charge in [-0.25, -0.2) is 14.2 Å². The standard InChI is InChI=1S/C22H28FN5O4/c1-31-12-13-32-21-7-2-17(14-24-21)15-25-22(30)28-10-8-27(9-11-28)16-20(29)26-19-5-3-18(23)4-6-19/h2-7,14H,8-13,15-16H2,1H3,(H,25,30)(H,26,29). The third kappa shape index (κ3) is 7.47. The Labute approximate surface area is 186 Å². The molecule has 0 bridgehead atoms. The van der Waals surface area contributed by atoms with E-state index in [2.05, 4.69) is 15.6 Å².